The Labute approximate surface area is 130 Å². The van der Waals surface area contributed by atoms with E-state index in [1.54, 1.807) is 0 Å². The third kappa shape index (κ3) is 6.09. The Morgan fingerprint density at radius 3 is 2.67 bits per heavy atom. The average Bonchev–Trinajstić information content (AvgIpc) is 2.55. The first-order valence-corrected chi connectivity index (χ1v) is 8.84. The van der Waals surface area contributed by atoms with E-state index in [0.717, 1.165) is 25.3 Å². The monoisotopic (exact) mass is 289 g/mol. The molecule has 1 N–H and O–H groups in total. The molecule has 1 saturated carbocycles. The normalized spacial score (nSPS) is 16.0. The highest BCUT2D eigenvalue weighted by molar-refractivity contribution is 5.33. The van der Waals surface area contributed by atoms with Crippen LogP contribution in [0.1, 0.15) is 70.3 Å². The van der Waals surface area contributed by atoms with Crippen molar-refractivity contribution in [3.8, 4) is 5.75 Å². The first kappa shape index (κ1) is 16.4. The number of rotatable bonds is 9. The molecule has 0 heterocycles. The van der Waals surface area contributed by atoms with Crippen molar-refractivity contribution in [2.75, 3.05) is 6.61 Å². The van der Waals surface area contributed by atoms with Crippen molar-refractivity contribution in [3.63, 3.8) is 0 Å². The van der Waals surface area contributed by atoms with Crippen molar-refractivity contribution < 1.29 is 4.74 Å². The highest BCUT2D eigenvalue weighted by atomic mass is 16.5. The van der Waals surface area contributed by atoms with E-state index in [2.05, 4.69) is 36.5 Å². The SMILES string of the molecule is CCCCCCOc1ccccc1CNC1CCCCC1. The summed E-state index contributed by atoms with van der Waals surface area (Å²) < 4.78 is 5.98. The van der Waals surface area contributed by atoms with Crippen molar-refractivity contribution >= 4 is 0 Å². The summed E-state index contributed by atoms with van der Waals surface area (Å²) in [5.41, 5.74) is 1.30. The first-order chi connectivity index (χ1) is 10.4. The van der Waals surface area contributed by atoms with E-state index in [1.807, 2.05) is 0 Å². The van der Waals surface area contributed by atoms with E-state index in [1.165, 1.54) is 56.9 Å². The van der Waals surface area contributed by atoms with Crippen LogP contribution in [0.15, 0.2) is 24.3 Å². The van der Waals surface area contributed by atoms with Crippen molar-refractivity contribution in [3.05, 3.63) is 29.8 Å². The number of nitrogens with one attached hydrogen (secondary N) is 1. The second-order valence-corrected chi connectivity index (χ2v) is 6.23. The van der Waals surface area contributed by atoms with E-state index in [9.17, 15) is 0 Å². The van der Waals surface area contributed by atoms with Gasteiger partial charge in [0.2, 0.25) is 0 Å². The van der Waals surface area contributed by atoms with Gasteiger partial charge in [0.15, 0.2) is 0 Å². The fourth-order valence-electron chi connectivity index (χ4n) is 3.06. The molecule has 0 atom stereocenters. The number of unbranched alkanes of at least 4 members (excludes halogenated alkanes) is 3. The molecule has 1 aliphatic rings. The number of ether oxygens (including phenoxy) is 1. The van der Waals surface area contributed by atoms with Crippen LogP contribution in [0.2, 0.25) is 0 Å². The zero-order chi connectivity index (χ0) is 14.8. The highest BCUT2D eigenvalue weighted by Crippen LogP contribution is 2.21. The van der Waals surface area contributed by atoms with Gasteiger partial charge in [-0.3, -0.25) is 0 Å². The number of benzene rings is 1. The molecule has 1 aromatic carbocycles. The molecule has 21 heavy (non-hydrogen) atoms. The molecule has 0 saturated heterocycles. The fraction of sp³-hybridized carbons (Fsp3) is 0.684. The predicted octanol–water partition coefficient (Wildman–Crippen LogP) is 5.07. The molecule has 2 heteroatoms. The minimum absolute atomic E-state index is 0.705. The van der Waals surface area contributed by atoms with Gasteiger partial charge in [-0.2, -0.15) is 0 Å². The summed E-state index contributed by atoms with van der Waals surface area (Å²) in [4.78, 5) is 0. The van der Waals surface area contributed by atoms with Gasteiger partial charge >= 0.3 is 0 Å². The molecule has 118 valence electrons. The molecule has 0 bridgehead atoms. The van der Waals surface area contributed by atoms with Crippen LogP contribution in [-0.4, -0.2) is 12.6 Å². The van der Waals surface area contributed by atoms with Gasteiger partial charge in [-0.25, -0.2) is 0 Å². The quantitative estimate of drug-likeness (QED) is 0.641. The number of hydrogen-bond acceptors (Lipinski definition) is 2. The molecule has 1 fully saturated rings. The van der Waals surface area contributed by atoms with Gasteiger partial charge in [0.1, 0.15) is 5.75 Å². The van der Waals surface area contributed by atoms with Crippen LogP contribution >= 0.6 is 0 Å². The standard InChI is InChI=1S/C19H31NO/c1-2-3-4-10-15-21-19-14-9-8-11-17(19)16-20-18-12-6-5-7-13-18/h8-9,11,14,18,20H,2-7,10,12-13,15-16H2,1H3. The van der Waals surface area contributed by atoms with E-state index in [4.69, 9.17) is 4.74 Å². The third-order valence-corrected chi connectivity index (χ3v) is 4.41. The summed E-state index contributed by atoms with van der Waals surface area (Å²) in [6.07, 6.45) is 11.9. The van der Waals surface area contributed by atoms with Gasteiger partial charge in [-0.05, 0) is 25.3 Å². The Bertz CT molecular complexity index is 385. The lowest BCUT2D eigenvalue weighted by Gasteiger charge is -2.23. The molecule has 0 aromatic heterocycles. The van der Waals surface area contributed by atoms with Crippen molar-refractivity contribution in [2.24, 2.45) is 0 Å². The molecule has 0 spiro atoms. The Morgan fingerprint density at radius 1 is 1.05 bits per heavy atom. The molecular weight excluding hydrogens is 258 g/mol. The average molecular weight is 289 g/mol. The van der Waals surface area contributed by atoms with Crippen molar-refractivity contribution in [1.29, 1.82) is 0 Å². The van der Waals surface area contributed by atoms with Gasteiger partial charge < -0.3 is 10.1 Å². The van der Waals surface area contributed by atoms with Crippen LogP contribution < -0.4 is 10.1 Å². The van der Waals surface area contributed by atoms with Crippen molar-refractivity contribution in [1.82, 2.24) is 5.32 Å². The second-order valence-electron chi connectivity index (χ2n) is 6.23. The molecule has 0 aliphatic heterocycles. The smallest absolute Gasteiger partial charge is 0.123 e. The zero-order valence-electron chi connectivity index (χ0n) is 13.6. The van der Waals surface area contributed by atoms with Crippen LogP contribution in [0.25, 0.3) is 0 Å². The largest absolute Gasteiger partial charge is 0.493 e. The lowest BCUT2D eigenvalue weighted by molar-refractivity contribution is 0.299. The van der Waals surface area contributed by atoms with Gasteiger partial charge in [0.25, 0.3) is 0 Å². The zero-order valence-corrected chi connectivity index (χ0v) is 13.6. The predicted molar refractivity (Wildman–Crippen MR) is 89.8 cm³/mol. The molecule has 1 aromatic rings. The van der Waals surface area contributed by atoms with E-state index in [0.29, 0.717) is 6.04 Å². The maximum Gasteiger partial charge on any atom is 0.123 e. The minimum atomic E-state index is 0.705. The van der Waals surface area contributed by atoms with Crippen molar-refractivity contribution in [2.45, 2.75) is 77.3 Å². The summed E-state index contributed by atoms with van der Waals surface area (Å²) in [5.74, 6) is 1.07. The third-order valence-electron chi connectivity index (χ3n) is 4.41. The van der Waals surface area contributed by atoms with Crippen LogP contribution in [0.3, 0.4) is 0 Å². The topological polar surface area (TPSA) is 21.3 Å². The first-order valence-electron chi connectivity index (χ1n) is 8.84. The molecule has 0 amide bonds. The Morgan fingerprint density at radius 2 is 1.86 bits per heavy atom. The number of para-hydroxylation sites is 1. The summed E-state index contributed by atoms with van der Waals surface area (Å²) in [5, 5.41) is 3.71. The van der Waals surface area contributed by atoms with Gasteiger partial charge in [-0.1, -0.05) is 63.6 Å². The minimum Gasteiger partial charge on any atom is -0.493 e. The van der Waals surface area contributed by atoms with Gasteiger partial charge in [-0.15, -0.1) is 0 Å². The molecule has 2 rings (SSSR count). The van der Waals surface area contributed by atoms with Gasteiger partial charge in [0.05, 0.1) is 6.61 Å². The molecule has 0 radical (unpaired) electrons. The van der Waals surface area contributed by atoms with E-state index < -0.39 is 0 Å². The lowest BCUT2D eigenvalue weighted by Crippen LogP contribution is -2.30. The van der Waals surface area contributed by atoms with Crippen LogP contribution in [-0.2, 0) is 6.54 Å². The maximum atomic E-state index is 5.98. The fourth-order valence-corrected chi connectivity index (χ4v) is 3.06. The number of hydrogen-bond donors (Lipinski definition) is 1. The lowest BCUT2D eigenvalue weighted by atomic mass is 9.95. The molecule has 0 unspecified atom stereocenters. The maximum absolute atomic E-state index is 5.98. The Kier molecular flexibility index (Phi) is 7.66. The highest BCUT2D eigenvalue weighted by Gasteiger charge is 2.13. The Hall–Kier alpha value is -1.02. The van der Waals surface area contributed by atoms with E-state index >= 15 is 0 Å². The van der Waals surface area contributed by atoms with Gasteiger partial charge in [0, 0.05) is 18.2 Å². The van der Waals surface area contributed by atoms with Crippen LogP contribution in [0, 0.1) is 0 Å². The van der Waals surface area contributed by atoms with E-state index in [-0.39, 0.29) is 0 Å². The van der Waals surface area contributed by atoms with Crippen LogP contribution in [0.5, 0.6) is 5.75 Å². The summed E-state index contributed by atoms with van der Waals surface area (Å²) >= 11 is 0. The summed E-state index contributed by atoms with van der Waals surface area (Å²) in [7, 11) is 0. The Balaban J connectivity index is 1.76. The second kappa shape index (κ2) is 9.83. The summed E-state index contributed by atoms with van der Waals surface area (Å²) in [6, 6.07) is 9.19. The van der Waals surface area contributed by atoms with Crippen LogP contribution in [0.4, 0.5) is 0 Å². The molecule has 2 nitrogen and oxygen atoms in total. The molecular formula is C19H31NO. The summed E-state index contributed by atoms with van der Waals surface area (Å²) in [6.45, 7) is 4.03. The molecule has 1 aliphatic carbocycles.